The van der Waals surface area contributed by atoms with Crippen molar-refractivity contribution in [2.45, 2.75) is 33.7 Å². The van der Waals surface area contributed by atoms with Gasteiger partial charge in [-0.1, -0.05) is 35.4 Å². The topological polar surface area (TPSA) is 26.0 Å². The number of aryl methyl sites for hydroxylation is 2. The van der Waals surface area contributed by atoms with Crippen LogP contribution in [0.4, 0.5) is 0 Å². The van der Waals surface area contributed by atoms with E-state index >= 15 is 0 Å². The minimum absolute atomic E-state index is 0.134. The van der Waals surface area contributed by atoms with Crippen molar-refractivity contribution in [2.24, 2.45) is 5.73 Å². The first-order valence-corrected chi connectivity index (χ1v) is 5.01. The first-order valence-electron chi connectivity index (χ1n) is 5.01. The average molecular weight is 189 g/mol. The molecule has 0 amide bonds. The van der Waals surface area contributed by atoms with E-state index in [2.05, 4.69) is 45.0 Å². The van der Waals surface area contributed by atoms with Gasteiger partial charge < -0.3 is 5.73 Å². The van der Waals surface area contributed by atoms with Crippen LogP contribution in [0.5, 0.6) is 0 Å². The Morgan fingerprint density at radius 1 is 1.36 bits per heavy atom. The van der Waals surface area contributed by atoms with E-state index < -0.39 is 0 Å². The second-order valence-electron chi connectivity index (χ2n) is 4.04. The zero-order valence-corrected chi connectivity index (χ0v) is 9.46. The largest absolute Gasteiger partial charge is 0.324 e. The molecule has 0 heterocycles. The van der Waals surface area contributed by atoms with E-state index in [1.807, 2.05) is 6.92 Å². The summed E-state index contributed by atoms with van der Waals surface area (Å²) in [5.41, 5.74) is 10.9. The molecule has 0 saturated heterocycles. The minimum Gasteiger partial charge on any atom is -0.324 e. The van der Waals surface area contributed by atoms with Gasteiger partial charge in [0.05, 0.1) is 0 Å². The fourth-order valence-corrected chi connectivity index (χ4v) is 1.29. The Morgan fingerprint density at radius 3 is 2.57 bits per heavy atom. The van der Waals surface area contributed by atoms with Crippen molar-refractivity contribution in [3.05, 3.63) is 40.5 Å². The molecule has 0 saturated carbocycles. The van der Waals surface area contributed by atoms with Crippen LogP contribution in [-0.4, -0.2) is 6.04 Å². The van der Waals surface area contributed by atoms with Crippen LogP contribution in [0.3, 0.4) is 0 Å². The second-order valence-corrected chi connectivity index (χ2v) is 4.04. The summed E-state index contributed by atoms with van der Waals surface area (Å²) < 4.78 is 0. The van der Waals surface area contributed by atoms with Gasteiger partial charge in [0.15, 0.2) is 0 Å². The van der Waals surface area contributed by atoms with E-state index in [0.717, 1.165) is 0 Å². The summed E-state index contributed by atoms with van der Waals surface area (Å²) in [5, 5.41) is 0. The fraction of sp³-hybridized carbons (Fsp3) is 0.385. The van der Waals surface area contributed by atoms with Gasteiger partial charge in [0, 0.05) is 6.04 Å². The molecule has 14 heavy (non-hydrogen) atoms. The molecule has 0 aromatic heterocycles. The zero-order chi connectivity index (χ0) is 10.7. The molecule has 0 fully saturated rings. The maximum absolute atomic E-state index is 5.80. The summed E-state index contributed by atoms with van der Waals surface area (Å²) in [6, 6.07) is 6.61. The Kier molecular flexibility index (Phi) is 3.48. The third-order valence-electron chi connectivity index (χ3n) is 2.54. The number of rotatable bonds is 2. The van der Waals surface area contributed by atoms with Crippen LogP contribution in [0.15, 0.2) is 23.8 Å². The molecule has 0 spiro atoms. The van der Waals surface area contributed by atoms with Crippen molar-refractivity contribution in [1.29, 1.82) is 0 Å². The molecular formula is C13H19N. The summed E-state index contributed by atoms with van der Waals surface area (Å²) in [7, 11) is 0. The molecule has 1 atom stereocenters. The van der Waals surface area contributed by atoms with Crippen LogP contribution in [0.1, 0.15) is 30.5 Å². The lowest BCUT2D eigenvalue weighted by atomic mass is 10.0. The molecular weight excluding hydrogens is 170 g/mol. The highest BCUT2D eigenvalue weighted by Crippen LogP contribution is 2.15. The van der Waals surface area contributed by atoms with Gasteiger partial charge >= 0.3 is 0 Å². The lowest BCUT2D eigenvalue weighted by Crippen LogP contribution is -2.15. The standard InChI is InChI=1S/C13H19N/c1-9-5-6-10(2)13(7-9)8-11(3)12(4)14/h5-8,12H,14H2,1-4H3/b11-8+. The van der Waals surface area contributed by atoms with Gasteiger partial charge in [0.25, 0.3) is 0 Å². The van der Waals surface area contributed by atoms with E-state index in [0.29, 0.717) is 0 Å². The Hall–Kier alpha value is -1.08. The van der Waals surface area contributed by atoms with Crippen molar-refractivity contribution in [2.75, 3.05) is 0 Å². The summed E-state index contributed by atoms with van der Waals surface area (Å²) >= 11 is 0. The molecule has 1 unspecified atom stereocenters. The number of hydrogen-bond acceptors (Lipinski definition) is 1. The predicted octanol–water partition coefficient (Wildman–Crippen LogP) is 3.05. The van der Waals surface area contributed by atoms with Gasteiger partial charge in [-0.3, -0.25) is 0 Å². The molecule has 76 valence electrons. The van der Waals surface area contributed by atoms with Gasteiger partial charge in [-0.25, -0.2) is 0 Å². The summed E-state index contributed by atoms with van der Waals surface area (Å²) in [5.74, 6) is 0. The summed E-state index contributed by atoms with van der Waals surface area (Å²) in [6.07, 6.45) is 2.17. The van der Waals surface area contributed by atoms with E-state index in [4.69, 9.17) is 5.73 Å². The molecule has 1 aromatic rings. The molecule has 0 bridgehead atoms. The SMILES string of the molecule is C/C(=C\c1cc(C)ccc1C)C(C)N. The monoisotopic (exact) mass is 189 g/mol. The van der Waals surface area contributed by atoms with Crippen LogP contribution in [0.2, 0.25) is 0 Å². The normalized spacial score (nSPS) is 14.2. The first kappa shape index (κ1) is 11.0. The van der Waals surface area contributed by atoms with Gasteiger partial charge in [0.1, 0.15) is 0 Å². The molecule has 0 aliphatic heterocycles. The smallest absolute Gasteiger partial charge is 0.0225 e. The predicted molar refractivity (Wildman–Crippen MR) is 63.2 cm³/mol. The third-order valence-corrected chi connectivity index (χ3v) is 2.54. The van der Waals surface area contributed by atoms with Crippen LogP contribution >= 0.6 is 0 Å². The molecule has 1 nitrogen and oxygen atoms in total. The maximum atomic E-state index is 5.80. The Bertz CT molecular complexity index is 348. The lowest BCUT2D eigenvalue weighted by Gasteiger charge is -2.07. The van der Waals surface area contributed by atoms with E-state index in [1.165, 1.54) is 22.3 Å². The number of hydrogen-bond donors (Lipinski definition) is 1. The summed E-state index contributed by atoms with van der Waals surface area (Å²) in [4.78, 5) is 0. The van der Waals surface area contributed by atoms with E-state index in [-0.39, 0.29) is 6.04 Å². The summed E-state index contributed by atoms with van der Waals surface area (Å²) in [6.45, 7) is 8.32. The zero-order valence-electron chi connectivity index (χ0n) is 9.46. The molecule has 0 aliphatic rings. The molecule has 2 N–H and O–H groups in total. The van der Waals surface area contributed by atoms with E-state index in [1.54, 1.807) is 0 Å². The van der Waals surface area contributed by atoms with Crippen molar-refractivity contribution in [3.8, 4) is 0 Å². The second kappa shape index (κ2) is 4.43. The van der Waals surface area contributed by atoms with Crippen molar-refractivity contribution in [1.82, 2.24) is 0 Å². The average Bonchev–Trinajstić information content (AvgIpc) is 2.11. The molecule has 0 radical (unpaired) electrons. The van der Waals surface area contributed by atoms with Crippen LogP contribution in [-0.2, 0) is 0 Å². The van der Waals surface area contributed by atoms with Crippen molar-refractivity contribution < 1.29 is 0 Å². The highest BCUT2D eigenvalue weighted by Gasteiger charge is 1.99. The lowest BCUT2D eigenvalue weighted by molar-refractivity contribution is 0.868. The van der Waals surface area contributed by atoms with Crippen LogP contribution < -0.4 is 5.73 Å². The first-order chi connectivity index (χ1) is 6.50. The third kappa shape index (κ3) is 2.71. The Balaban J connectivity index is 3.07. The number of nitrogens with two attached hydrogens (primary N) is 1. The minimum atomic E-state index is 0.134. The van der Waals surface area contributed by atoms with Crippen molar-refractivity contribution >= 4 is 6.08 Å². The highest BCUT2D eigenvalue weighted by atomic mass is 14.6. The highest BCUT2D eigenvalue weighted by molar-refractivity contribution is 5.57. The van der Waals surface area contributed by atoms with Crippen LogP contribution in [0.25, 0.3) is 6.08 Å². The van der Waals surface area contributed by atoms with Gasteiger partial charge in [-0.15, -0.1) is 0 Å². The maximum Gasteiger partial charge on any atom is 0.0225 e. The molecule has 1 heteroatoms. The molecule has 1 rings (SSSR count). The number of benzene rings is 1. The van der Waals surface area contributed by atoms with Crippen molar-refractivity contribution in [3.63, 3.8) is 0 Å². The molecule has 0 aliphatic carbocycles. The van der Waals surface area contributed by atoms with E-state index in [9.17, 15) is 0 Å². The van der Waals surface area contributed by atoms with Crippen LogP contribution in [0, 0.1) is 13.8 Å². The Labute approximate surface area is 86.6 Å². The fourth-order valence-electron chi connectivity index (χ4n) is 1.29. The quantitative estimate of drug-likeness (QED) is 0.760. The molecule has 1 aromatic carbocycles. The van der Waals surface area contributed by atoms with Gasteiger partial charge in [-0.2, -0.15) is 0 Å². The Morgan fingerprint density at radius 2 is 2.00 bits per heavy atom. The van der Waals surface area contributed by atoms with Gasteiger partial charge in [0.2, 0.25) is 0 Å². The van der Waals surface area contributed by atoms with Gasteiger partial charge in [-0.05, 0) is 38.8 Å².